The lowest BCUT2D eigenvalue weighted by Gasteiger charge is -2.31. The summed E-state index contributed by atoms with van der Waals surface area (Å²) >= 11 is 0. The highest BCUT2D eigenvalue weighted by molar-refractivity contribution is 5.95. The first-order chi connectivity index (χ1) is 21.9. The number of nitrogens with zero attached hydrogens (tertiary/aromatic N) is 3. The topological polar surface area (TPSA) is 150 Å². The number of ether oxygens (including phenoxy) is 2. The summed E-state index contributed by atoms with van der Waals surface area (Å²) in [6.45, 7) is 0.304. The molecule has 5 rings (SSSR count). The van der Waals surface area contributed by atoms with Crippen LogP contribution >= 0.6 is 0 Å². The third-order valence-corrected chi connectivity index (χ3v) is 7.09. The second-order valence-corrected chi connectivity index (χ2v) is 10.6. The van der Waals surface area contributed by atoms with Gasteiger partial charge in [-0.15, -0.1) is 0 Å². The predicted molar refractivity (Wildman–Crippen MR) is 157 cm³/mol. The zero-order valence-corrected chi connectivity index (χ0v) is 24.5. The van der Waals surface area contributed by atoms with Crippen molar-refractivity contribution in [3.8, 4) is 34.1 Å². The minimum atomic E-state index is -5.36. The molecule has 2 aromatic heterocycles. The Hall–Kier alpha value is -5.11. The number of hydrogen-bond donors (Lipinski definition) is 3. The van der Waals surface area contributed by atoms with Gasteiger partial charge in [-0.1, -0.05) is 0 Å². The van der Waals surface area contributed by atoms with Crippen LogP contribution in [-0.2, 0) is 16.8 Å². The lowest BCUT2D eigenvalue weighted by molar-refractivity contribution is -0.265. The number of benzene rings is 2. The normalized spacial score (nSPS) is 14.3. The van der Waals surface area contributed by atoms with E-state index in [4.69, 9.17) is 15.2 Å². The summed E-state index contributed by atoms with van der Waals surface area (Å²) in [5.41, 5.74) is 1.02. The van der Waals surface area contributed by atoms with Gasteiger partial charge < -0.3 is 25.6 Å². The van der Waals surface area contributed by atoms with Crippen molar-refractivity contribution < 1.29 is 41.7 Å². The fourth-order valence-electron chi connectivity index (χ4n) is 4.62. The number of halogens is 4. The number of carbonyl (C=O) groups is 2. The van der Waals surface area contributed by atoms with E-state index in [1.165, 1.54) is 42.7 Å². The van der Waals surface area contributed by atoms with Crippen LogP contribution in [-0.4, -0.2) is 57.3 Å². The molecule has 2 heterocycles. The van der Waals surface area contributed by atoms with Crippen LogP contribution in [0.15, 0.2) is 67.0 Å². The molecule has 14 heteroatoms. The summed E-state index contributed by atoms with van der Waals surface area (Å²) in [5.74, 6) is -1.88. The number of aliphatic hydroxyl groups is 1. The average molecular weight is 640 g/mol. The van der Waals surface area contributed by atoms with E-state index in [0.29, 0.717) is 11.4 Å². The SMILES string of the molecule is CCOc1c(CC(N)=O)cc([C@@](O)(CNC(=O)c2ccc(-c3ncccn3)c(OC3CC3)c2)C(F)(F)F)nc1-c1ccc(F)cc1. The van der Waals surface area contributed by atoms with Crippen molar-refractivity contribution >= 4 is 11.8 Å². The zero-order valence-electron chi connectivity index (χ0n) is 24.5. The molecule has 2 amide bonds. The Morgan fingerprint density at radius 2 is 1.76 bits per heavy atom. The molecule has 4 aromatic rings. The molecule has 0 radical (unpaired) electrons. The third kappa shape index (κ3) is 7.07. The van der Waals surface area contributed by atoms with Gasteiger partial charge in [0, 0.05) is 29.1 Å². The third-order valence-electron chi connectivity index (χ3n) is 7.09. The number of aromatic nitrogens is 3. The van der Waals surface area contributed by atoms with E-state index in [9.17, 15) is 32.3 Å². The smallest absolute Gasteiger partial charge is 0.424 e. The van der Waals surface area contributed by atoms with Gasteiger partial charge in [-0.3, -0.25) is 9.59 Å². The van der Waals surface area contributed by atoms with E-state index < -0.39 is 48.1 Å². The minimum absolute atomic E-state index is 0.0408. The molecular weight excluding hydrogens is 610 g/mol. The fourth-order valence-corrected chi connectivity index (χ4v) is 4.62. The monoisotopic (exact) mass is 639 g/mol. The van der Waals surface area contributed by atoms with Crippen LogP contribution in [0.25, 0.3) is 22.6 Å². The molecular formula is C32H29F4N5O5. The van der Waals surface area contributed by atoms with Crippen LogP contribution in [0.5, 0.6) is 11.5 Å². The first-order valence-corrected chi connectivity index (χ1v) is 14.3. The van der Waals surface area contributed by atoms with E-state index in [1.807, 2.05) is 0 Å². The van der Waals surface area contributed by atoms with Crippen LogP contribution in [0.1, 0.15) is 41.4 Å². The van der Waals surface area contributed by atoms with Crippen molar-refractivity contribution in [3.63, 3.8) is 0 Å². The van der Waals surface area contributed by atoms with Crippen molar-refractivity contribution in [1.82, 2.24) is 20.3 Å². The standard InChI is InChI=1S/C32H29F4N5O5/c1-2-45-28-20(16-26(37)42)15-25(41-27(28)18-4-7-21(33)8-5-18)31(44,32(34,35)36)17-40-30(43)19-6-11-23(29-38-12-3-13-39-29)24(14-19)46-22-9-10-22/h3-8,11-15,22,44H,2,9-10,16-17H2,1H3,(H2,37,42)(H,40,43)/t31-/m0/s1. The minimum Gasteiger partial charge on any atom is -0.491 e. The second kappa shape index (κ2) is 13.1. The van der Waals surface area contributed by atoms with Gasteiger partial charge in [-0.2, -0.15) is 13.2 Å². The molecule has 0 unspecified atom stereocenters. The number of pyridine rings is 1. The Kier molecular flexibility index (Phi) is 9.19. The highest BCUT2D eigenvalue weighted by Crippen LogP contribution is 2.42. The van der Waals surface area contributed by atoms with E-state index >= 15 is 0 Å². The van der Waals surface area contributed by atoms with E-state index in [1.54, 1.807) is 13.0 Å². The highest BCUT2D eigenvalue weighted by atomic mass is 19.4. The quantitative estimate of drug-likeness (QED) is 0.192. The van der Waals surface area contributed by atoms with Crippen LogP contribution in [0.2, 0.25) is 0 Å². The Morgan fingerprint density at radius 1 is 1.07 bits per heavy atom. The van der Waals surface area contributed by atoms with Crippen molar-refractivity contribution in [2.75, 3.05) is 13.2 Å². The summed E-state index contributed by atoms with van der Waals surface area (Å²) in [6.07, 6.45) is -1.32. The van der Waals surface area contributed by atoms with Crippen molar-refractivity contribution in [2.45, 2.75) is 44.1 Å². The zero-order chi connectivity index (χ0) is 33.1. The van der Waals surface area contributed by atoms with Crippen LogP contribution in [0, 0.1) is 5.82 Å². The van der Waals surface area contributed by atoms with E-state index in [-0.39, 0.29) is 46.6 Å². The lowest BCUT2D eigenvalue weighted by atomic mass is 9.93. The average Bonchev–Trinajstić information content (AvgIpc) is 3.84. The summed E-state index contributed by atoms with van der Waals surface area (Å²) in [5, 5.41) is 13.4. The number of alkyl halides is 3. The molecule has 1 aliphatic carbocycles. The van der Waals surface area contributed by atoms with Crippen LogP contribution in [0.3, 0.4) is 0 Å². The van der Waals surface area contributed by atoms with Gasteiger partial charge in [0.25, 0.3) is 5.91 Å². The molecule has 1 atom stereocenters. The number of rotatable bonds is 12. The molecule has 4 N–H and O–H groups in total. The van der Waals surface area contributed by atoms with Gasteiger partial charge in [-0.05, 0) is 74.4 Å². The summed E-state index contributed by atoms with van der Waals surface area (Å²) < 4.78 is 69.3. The molecule has 1 aliphatic rings. The van der Waals surface area contributed by atoms with Gasteiger partial charge in [0.05, 0.1) is 36.9 Å². The van der Waals surface area contributed by atoms with E-state index in [0.717, 1.165) is 31.0 Å². The van der Waals surface area contributed by atoms with Crippen LogP contribution in [0.4, 0.5) is 17.6 Å². The second-order valence-electron chi connectivity index (χ2n) is 10.6. The van der Waals surface area contributed by atoms with Gasteiger partial charge in [-0.25, -0.2) is 19.3 Å². The number of nitrogens with one attached hydrogen (secondary N) is 1. The molecule has 0 aliphatic heterocycles. The molecule has 0 spiro atoms. The number of nitrogens with two attached hydrogens (primary N) is 1. The van der Waals surface area contributed by atoms with E-state index in [2.05, 4.69) is 20.3 Å². The van der Waals surface area contributed by atoms with Gasteiger partial charge in [0.15, 0.2) is 5.82 Å². The maximum atomic E-state index is 14.7. The van der Waals surface area contributed by atoms with Gasteiger partial charge >= 0.3 is 6.18 Å². The number of carbonyl (C=O) groups excluding carboxylic acids is 2. The van der Waals surface area contributed by atoms with Gasteiger partial charge in [0.1, 0.15) is 23.0 Å². The maximum absolute atomic E-state index is 14.7. The number of hydrogen-bond acceptors (Lipinski definition) is 8. The van der Waals surface area contributed by atoms with Crippen molar-refractivity contribution in [3.05, 3.63) is 89.6 Å². The molecule has 10 nitrogen and oxygen atoms in total. The molecule has 0 bridgehead atoms. The molecule has 0 saturated heterocycles. The van der Waals surface area contributed by atoms with Gasteiger partial charge in [0.2, 0.25) is 11.5 Å². The Morgan fingerprint density at radius 3 is 2.37 bits per heavy atom. The fraction of sp³-hybridized carbons (Fsp3) is 0.281. The Labute approximate surface area is 260 Å². The summed E-state index contributed by atoms with van der Waals surface area (Å²) in [6, 6.07) is 11.4. The maximum Gasteiger partial charge on any atom is 0.424 e. The summed E-state index contributed by atoms with van der Waals surface area (Å²) in [7, 11) is 0. The molecule has 1 saturated carbocycles. The van der Waals surface area contributed by atoms with Crippen LogP contribution < -0.4 is 20.5 Å². The molecule has 46 heavy (non-hydrogen) atoms. The molecule has 240 valence electrons. The highest BCUT2D eigenvalue weighted by Gasteiger charge is 2.56. The summed E-state index contributed by atoms with van der Waals surface area (Å²) in [4.78, 5) is 37.6. The largest absolute Gasteiger partial charge is 0.491 e. The first kappa shape index (κ1) is 32.3. The lowest BCUT2D eigenvalue weighted by Crippen LogP contribution is -2.51. The Bertz CT molecular complexity index is 1730. The first-order valence-electron chi connectivity index (χ1n) is 14.3. The predicted octanol–water partition coefficient (Wildman–Crippen LogP) is 4.49. The van der Waals surface area contributed by atoms with Crippen molar-refractivity contribution in [1.29, 1.82) is 0 Å². The molecule has 1 fully saturated rings. The van der Waals surface area contributed by atoms with Crippen molar-refractivity contribution in [2.24, 2.45) is 5.73 Å². The number of primary amides is 1. The Balaban J connectivity index is 1.52. The number of amides is 2. The molecule has 2 aromatic carbocycles.